The van der Waals surface area contributed by atoms with Crippen molar-refractivity contribution < 1.29 is 18.7 Å². The van der Waals surface area contributed by atoms with E-state index in [9.17, 15) is 9.18 Å². The van der Waals surface area contributed by atoms with Crippen LogP contribution in [0.2, 0.25) is 0 Å². The molecule has 2 heterocycles. The lowest BCUT2D eigenvalue weighted by atomic mass is 9.94. The van der Waals surface area contributed by atoms with Crippen molar-refractivity contribution in [3.05, 3.63) is 46.2 Å². The summed E-state index contributed by atoms with van der Waals surface area (Å²) >= 11 is 1.47. The van der Waals surface area contributed by atoms with Gasteiger partial charge in [-0.25, -0.2) is 14.2 Å². The van der Waals surface area contributed by atoms with Gasteiger partial charge in [0.25, 0.3) is 0 Å². The van der Waals surface area contributed by atoms with Crippen molar-refractivity contribution in [3.63, 3.8) is 0 Å². The highest BCUT2D eigenvalue weighted by molar-refractivity contribution is 7.07. The number of amides is 1. The summed E-state index contributed by atoms with van der Waals surface area (Å²) in [5, 5.41) is 10.6. The maximum absolute atomic E-state index is 13.5. The van der Waals surface area contributed by atoms with Crippen molar-refractivity contribution in [1.82, 2.24) is 9.88 Å². The number of aromatic nitrogens is 1. The number of carbonyl (C=O) groups is 1. The Hall–Kier alpha value is -2.66. The van der Waals surface area contributed by atoms with E-state index in [4.69, 9.17) is 14.7 Å². The largest absolute Gasteiger partial charge is 0.493 e. The molecule has 142 valence electrons. The number of hydrogen-bond acceptors (Lipinski definition) is 6. The molecule has 27 heavy (non-hydrogen) atoms. The average molecular weight is 389 g/mol. The molecule has 0 spiro atoms. The number of thiazole rings is 1. The second kappa shape index (κ2) is 9.33. The maximum Gasteiger partial charge on any atom is 0.410 e. The zero-order valence-corrected chi connectivity index (χ0v) is 15.6. The summed E-state index contributed by atoms with van der Waals surface area (Å²) in [5.41, 5.74) is 2.49. The lowest BCUT2D eigenvalue weighted by molar-refractivity contribution is 0.0792. The number of halogens is 1. The Labute approximate surface area is 161 Å². The van der Waals surface area contributed by atoms with E-state index in [1.54, 1.807) is 22.5 Å². The van der Waals surface area contributed by atoms with Gasteiger partial charge < -0.3 is 14.4 Å². The molecule has 0 bridgehead atoms. The van der Waals surface area contributed by atoms with Crippen LogP contribution in [0.1, 0.15) is 30.5 Å². The Balaban J connectivity index is 1.35. The molecule has 1 aromatic heterocycles. The molecule has 6 nitrogen and oxygen atoms in total. The van der Waals surface area contributed by atoms with Crippen molar-refractivity contribution in [2.45, 2.75) is 25.9 Å². The molecule has 0 unspecified atom stereocenters. The second-order valence-electron chi connectivity index (χ2n) is 6.36. The van der Waals surface area contributed by atoms with E-state index in [0.717, 1.165) is 25.0 Å². The molecule has 1 aliphatic rings. The second-order valence-corrected chi connectivity index (χ2v) is 7.07. The van der Waals surface area contributed by atoms with Crippen LogP contribution in [0.4, 0.5) is 9.18 Å². The fraction of sp³-hybridized carbons (Fsp3) is 0.421. The van der Waals surface area contributed by atoms with Crippen molar-refractivity contribution in [2.24, 2.45) is 5.92 Å². The summed E-state index contributed by atoms with van der Waals surface area (Å²) in [4.78, 5) is 17.9. The standard InChI is InChI=1S/C19H20FN3O3S/c20-18-9-17(2-1-15(18)10-21)25-8-5-14-3-6-23(7-4-14)19(24)26-11-16-12-27-13-22-16/h1-2,9,12-14H,3-8,11H2. The fourth-order valence-corrected chi connectivity index (χ4v) is 3.50. The molecule has 0 saturated carbocycles. The smallest absolute Gasteiger partial charge is 0.410 e. The summed E-state index contributed by atoms with van der Waals surface area (Å²) in [5.74, 6) is 0.310. The monoisotopic (exact) mass is 389 g/mol. The van der Waals surface area contributed by atoms with Crippen LogP contribution in [0, 0.1) is 23.1 Å². The molecule has 1 aliphatic heterocycles. The molecule has 0 atom stereocenters. The minimum Gasteiger partial charge on any atom is -0.493 e. The van der Waals surface area contributed by atoms with Gasteiger partial charge in [-0.1, -0.05) is 0 Å². The minimum absolute atomic E-state index is 0.0105. The number of nitriles is 1. The Kier molecular flexibility index (Phi) is 6.60. The predicted octanol–water partition coefficient (Wildman–Crippen LogP) is 3.97. The molecule has 0 aliphatic carbocycles. The Morgan fingerprint density at radius 2 is 2.22 bits per heavy atom. The summed E-state index contributed by atoms with van der Waals surface area (Å²) in [6, 6.07) is 6.04. The average Bonchev–Trinajstić information content (AvgIpc) is 3.20. The molecule has 3 rings (SSSR count). The Bertz CT molecular complexity index is 799. The van der Waals surface area contributed by atoms with Crippen molar-refractivity contribution in [3.8, 4) is 11.8 Å². The van der Waals surface area contributed by atoms with Gasteiger partial charge in [0.1, 0.15) is 24.2 Å². The van der Waals surface area contributed by atoms with Gasteiger partial charge in [0.15, 0.2) is 0 Å². The topological polar surface area (TPSA) is 75.5 Å². The van der Waals surface area contributed by atoms with Gasteiger partial charge in [0, 0.05) is 24.5 Å². The number of benzene rings is 1. The lowest BCUT2D eigenvalue weighted by Crippen LogP contribution is -2.39. The molecule has 8 heteroatoms. The minimum atomic E-state index is -0.570. The fourth-order valence-electron chi connectivity index (χ4n) is 2.96. The highest BCUT2D eigenvalue weighted by Crippen LogP contribution is 2.22. The van der Waals surface area contributed by atoms with Gasteiger partial charge in [-0.2, -0.15) is 5.26 Å². The zero-order valence-electron chi connectivity index (χ0n) is 14.8. The predicted molar refractivity (Wildman–Crippen MR) is 97.8 cm³/mol. The first-order valence-electron chi connectivity index (χ1n) is 8.77. The van der Waals surface area contributed by atoms with Crippen LogP contribution >= 0.6 is 11.3 Å². The van der Waals surface area contributed by atoms with Crippen LogP contribution in [0.5, 0.6) is 5.75 Å². The summed E-state index contributed by atoms with van der Waals surface area (Å²) in [6.45, 7) is 2.00. The number of likely N-dealkylation sites (tertiary alicyclic amines) is 1. The van der Waals surface area contributed by atoms with Crippen LogP contribution in [-0.2, 0) is 11.3 Å². The number of hydrogen-bond donors (Lipinski definition) is 0. The van der Waals surface area contributed by atoms with Crippen LogP contribution in [0.15, 0.2) is 29.1 Å². The third kappa shape index (κ3) is 5.41. The molecule has 0 N–H and O–H groups in total. The molecular weight excluding hydrogens is 369 g/mol. The first-order valence-corrected chi connectivity index (χ1v) is 9.71. The number of carbonyl (C=O) groups excluding carboxylic acids is 1. The third-order valence-electron chi connectivity index (χ3n) is 4.56. The molecule has 1 aromatic carbocycles. The number of piperidine rings is 1. The van der Waals surface area contributed by atoms with Crippen molar-refractivity contribution in [2.75, 3.05) is 19.7 Å². The Morgan fingerprint density at radius 1 is 1.41 bits per heavy atom. The van der Waals surface area contributed by atoms with Crippen LogP contribution in [0.3, 0.4) is 0 Å². The first-order chi connectivity index (χ1) is 13.2. The van der Waals surface area contributed by atoms with Gasteiger partial charge in [0.2, 0.25) is 0 Å². The Morgan fingerprint density at radius 3 is 2.89 bits per heavy atom. The van der Waals surface area contributed by atoms with Crippen molar-refractivity contribution in [1.29, 1.82) is 5.26 Å². The van der Waals surface area contributed by atoms with Gasteiger partial charge in [-0.05, 0) is 37.3 Å². The molecular formula is C19H20FN3O3S. The van der Waals surface area contributed by atoms with Gasteiger partial charge in [-0.3, -0.25) is 0 Å². The van der Waals surface area contributed by atoms with E-state index in [1.165, 1.54) is 23.5 Å². The van der Waals surface area contributed by atoms with Gasteiger partial charge in [-0.15, -0.1) is 11.3 Å². The highest BCUT2D eigenvalue weighted by atomic mass is 32.1. The SMILES string of the molecule is N#Cc1ccc(OCCC2CCN(C(=O)OCc3cscn3)CC2)cc1F. The number of rotatable bonds is 6. The molecule has 1 amide bonds. The highest BCUT2D eigenvalue weighted by Gasteiger charge is 2.23. The lowest BCUT2D eigenvalue weighted by Gasteiger charge is -2.31. The van der Waals surface area contributed by atoms with E-state index in [0.29, 0.717) is 31.4 Å². The molecule has 1 fully saturated rings. The van der Waals surface area contributed by atoms with Crippen LogP contribution in [-0.4, -0.2) is 35.7 Å². The van der Waals surface area contributed by atoms with Crippen molar-refractivity contribution >= 4 is 17.4 Å². The molecule has 1 saturated heterocycles. The summed E-state index contributed by atoms with van der Waals surface area (Å²) in [6.07, 6.45) is 2.31. The quantitative estimate of drug-likeness (QED) is 0.747. The summed E-state index contributed by atoms with van der Waals surface area (Å²) < 4.78 is 24.4. The van der Waals surface area contributed by atoms with Gasteiger partial charge in [0.05, 0.1) is 23.4 Å². The van der Waals surface area contributed by atoms with Crippen LogP contribution < -0.4 is 4.74 Å². The van der Waals surface area contributed by atoms with E-state index in [-0.39, 0.29) is 18.3 Å². The van der Waals surface area contributed by atoms with E-state index >= 15 is 0 Å². The molecule has 2 aromatic rings. The normalized spacial score (nSPS) is 14.6. The van der Waals surface area contributed by atoms with E-state index in [1.807, 2.05) is 5.38 Å². The first kappa shape index (κ1) is 19.1. The number of ether oxygens (including phenoxy) is 2. The third-order valence-corrected chi connectivity index (χ3v) is 5.19. The van der Waals surface area contributed by atoms with E-state index < -0.39 is 5.82 Å². The summed E-state index contributed by atoms with van der Waals surface area (Å²) in [7, 11) is 0. The molecule has 0 radical (unpaired) electrons. The zero-order chi connectivity index (χ0) is 19.1. The number of nitrogens with zero attached hydrogens (tertiary/aromatic N) is 3. The maximum atomic E-state index is 13.5. The van der Waals surface area contributed by atoms with Gasteiger partial charge >= 0.3 is 6.09 Å². The van der Waals surface area contributed by atoms with E-state index in [2.05, 4.69) is 4.98 Å². The van der Waals surface area contributed by atoms with Crippen LogP contribution in [0.25, 0.3) is 0 Å².